The van der Waals surface area contributed by atoms with Crippen LogP contribution in [0, 0.1) is 0 Å². The molecule has 0 spiro atoms. The van der Waals surface area contributed by atoms with Crippen LogP contribution in [0.15, 0.2) is 24.3 Å². The zero-order chi connectivity index (χ0) is 13.5. The van der Waals surface area contributed by atoms with Gasteiger partial charge in [-0.25, -0.2) is 0 Å². The van der Waals surface area contributed by atoms with Gasteiger partial charge in [0.15, 0.2) is 0 Å². The zero-order valence-corrected chi connectivity index (χ0v) is 11.8. The predicted molar refractivity (Wildman–Crippen MR) is 76.5 cm³/mol. The van der Waals surface area contributed by atoms with Crippen molar-refractivity contribution in [2.45, 2.75) is 37.7 Å². The first-order valence-corrected chi connectivity index (χ1v) is 7.38. The maximum absolute atomic E-state index is 11.9. The van der Waals surface area contributed by atoms with Crippen molar-refractivity contribution in [1.82, 2.24) is 5.32 Å². The van der Waals surface area contributed by atoms with Crippen molar-refractivity contribution in [3.05, 3.63) is 35.4 Å². The van der Waals surface area contributed by atoms with Gasteiger partial charge in [0.1, 0.15) is 0 Å². The van der Waals surface area contributed by atoms with E-state index < -0.39 is 0 Å². The minimum atomic E-state index is -0.0676. The molecule has 1 aromatic rings. The largest absolute Gasteiger partial charge is 0.376 e. The Morgan fingerprint density at radius 3 is 2.89 bits per heavy atom. The van der Waals surface area contributed by atoms with Gasteiger partial charge in [-0.3, -0.25) is 4.79 Å². The molecule has 1 N–H and O–H groups in total. The van der Waals surface area contributed by atoms with E-state index in [1.54, 1.807) is 6.07 Å². The first kappa shape index (κ1) is 14.4. The van der Waals surface area contributed by atoms with E-state index >= 15 is 0 Å². The molecule has 2 rings (SSSR count). The number of alkyl halides is 1. The van der Waals surface area contributed by atoms with Crippen molar-refractivity contribution in [2.75, 3.05) is 13.2 Å². The zero-order valence-electron chi connectivity index (χ0n) is 11.0. The molecule has 104 valence electrons. The van der Waals surface area contributed by atoms with Crippen molar-refractivity contribution in [1.29, 1.82) is 0 Å². The maximum Gasteiger partial charge on any atom is 0.251 e. The Labute approximate surface area is 119 Å². The highest BCUT2D eigenvalue weighted by Gasteiger charge is 2.14. The maximum atomic E-state index is 11.9. The normalized spacial score (nSPS) is 15.6. The highest BCUT2D eigenvalue weighted by atomic mass is 35.5. The summed E-state index contributed by atoms with van der Waals surface area (Å²) in [5.74, 6) is 0.355. The van der Waals surface area contributed by atoms with E-state index in [9.17, 15) is 4.79 Å². The summed E-state index contributed by atoms with van der Waals surface area (Å²) in [6, 6.07) is 7.37. The summed E-state index contributed by atoms with van der Waals surface area (Å²) >= 11 is 5.75. The number of halogens is 1. The molecule has 1 aliphatic carbocycles. The molecule has 1 fully saturated rings. The van der Waals surface area contributed by atoms with Gasteiger partial charge in [0.05, 0.1) is 12.7 Å². The van der Waals surface area contributed by atoms with Crippen LogP contribution in [-0.2, 0) is 10.6 Å². The molecule has 1 aromatic carbocycles. The number of carbonyl (C=O) groups excluding carboxylic acids is 1. The summed E-state index contributed by atoms with van der Waals surface area (Å²) in [6.45, 7) is 1.14. The van der Waals surface area contributed by atoms with Crippen molar-refractivity contribution < 1.29 is 9.53 Å². The fraction of sp³-hybridized carbons (Fsp3) is 0.533. The smallest absolute Gasteiger partial charge is 0.251 e. The first-order chi connectivity index (χ1) is 9.29. The lowest BCUT2D eigenvalue weighted by atomic mass is 10.1. The average molecular weight is 282 g/mol. The van der Waals surface area contributed by atoms with Gasteiger partial charge in [0.25, 0.3) is 5.91 Å². The molecule has 4 heteroatoms. The quantitative estimate of drug-likeness (QED) is 0.643. The van der Waals surface area contributed by atoms with Crippen LogP contribution in [-0.4, -0.2) is 25.2 Å². The minimum Gasteiger partial charge on any atom is -0.376 e. The second-order valence-corrected chi connectivity index (χ2v) is 5.13. The molecule has 1 amide bonds. The van der Waals surface area contributed by atoms with Crippen LogP contribution in [0.1, 0.15) is 41.6 Å². The van der Waals surface area contributed by atoms with E-state index in [-0.39, 0.29) is 5.91 Å². The van der Waals surface area contributed by atoms with E-state index in [2.05, 4.69) is 5.32 Å². The summed E-state index contributed by atoms with van der Waals surface area (Å²) in [6.07, 6.45) is 5.25. The average Bonchev–Trinajstić information content (AvgIpc) is 2.96. The molecule has 19 heavy (non-hydrogen) atoms. The van der Waals surface area contributed by atoms with Gasteiger partial charge < -0.3 is 10.1 Å². The molecule has 0 aromatic heterocycles. The molecule has 0 atom stereocenters. The van der Waals surface area contributed by atoms with Crippen molar-refractivity contribution >= 4 is 17.5 Å². The molecule has 0 bridgehead atoms. The monoisotopic (exact) mass is 281 g/mol. The highest BCUT2D eigenvalue weighted by molar-refractivity contribution is 6.17. The number of rotatable bonds is 6. The second kappa shape index (κ2) is 7.51. The third-order valence-corrected chi connectivity index (χ3v) is 3.70. The van der Waals surface area contributed by atoms with Crippen LogP contribution in [0.2, 0.25) is 0 Å². The lowest BCUT2D eigenvalue weighted by molar-refractivity contribution is 0.0582. The Morgan fingerprint density at radius 2 is 2.16 bits per heavy atom. The van der Waals surface area contributed by atoms with Gasteiger partial charge in [-0.05, 0) is 30.5 Å². The molecular weight excluding hydrogens is 262 g/mol. The molecular formula is C15H20ClNO2. The summed E-state index contributed by atoms with van der Waals surface area (Å²) in [7, 11) is 0. The SMILES string of the molecule is O=C(NCCOC1CCCC1)c1cccc(CCl)c1. The van der Waals surface area contributed by atoms with Gasteiger partial charge in [-0.15, -0.1) is 11.6 Å². The number of nitrogens with one attached hydrogen (secondary N) is 1. The van der Waals surface area contributed by atoms with Gasteiger partial charge in [-0.2, -0.15) is 0 Å². The Kier molecular flexibility index (Phi) is 5.67. The number of benzene rings is 1. The summed E-state index contributed by atoms with van der Waals surface area (Å²) in [4.78, 5) is 11.9. The van der Waals surface area contributed by atoms with E-state index in [1.807, 2.05) is 18.2 Å². The molecule has 3 nitrogen and oxygen atoms in total. The van der Waals surface area contributed by atoms with Crippen LogP contribution >= 0.6 is 11.6 Å². The van der Waals surface area contributed by atoms with Crippen molar-refractivity contribution in [3.8, 4) is 0 Å². The van der Waals surface area contributed by atoms with Gasteiger partial charge in [0.2, 0.25) is 0 Å². The standard InChI is InChI=1S/C15H20ClNO2/c16-11-12-4-3-5-13(10-12)15(18)17-8-9-19-14-6-1-2-7-14/h3-5,10,14H,1-2,6-9,11H2,(H,17,18). The lowest BCUT2D eigenvalue weighted by Crippen LogP contribution is -2.28. The van der Waals surface area contributed by atoms with Gasteiger partial charge in [-0.1, -0.05) is 25.0 Å². The van der Waals surface area contributed by atoms with Gasteiger partial charge in [0, 0.05) is 18.0 Å². The molecule has 1 aliphatic rings. The Bertz CT molecular complexity index is 416. The number of hydrogen-bond donors (Lipinski definition) is 1. The number of hydrogen-bond acceptors (Lipinski definition) is 2. The third-order valence-electron chi connectivity index (χ3n) is 3.39. The first-order valence-electron chi connectivity index (χ1n) is 6.84. The van der Waals surface area contributed by atoms with Crippen molar-refractivity contribution in [3.63, 3.8) is 0 Å². The molecule has 0 saturated heterocycles. The van der Waals surface area contributed by atoms with E-state index in [1.165, 1.54) is 12.8 Å². The highest BCUT2D eigenvalue weighted by Crippen LogP contribution is 2.20. The fourth-order valence-corrected chi connectivity index (χ4v) is 2.51. The topological polar surface area (TPSA) is 38.3 Å². The summed E-state index contributed by atoms with van der Waals surface area (Å²) in [5, 5.41) is 2.87. The Morgan fingerprint density at radius 1 is 1.37 bits per heavy atom. The number of amides is 1. The van der Waals surface area contributed by atoms with E-state index in [0.29, 0.717) is 30.7 Å². The van der Waals surface area contributed by atoms with E-state index in [4.69, 9.17) is 16.3 Å². The van der Waals surface area contributed by atoms with Crippen LogP contribution in [0.4, 0.5) is 0 Å². The molecule has 0 aliphatic heterocycles. The number of carbonyl (C=O) groups is 1. The van der Waals surface area contributed by atoms with Crippen LogP contribution in [0.5, 0.6) is 0 Å². The van der Waals surface area contributed by atoms with Crippen LogP contribution in [0.25, 0.3) is 0 Å². The minimum absolute atomic E-state index is 0.0676. The summed E-state index contributed by atoms with van der Waals surface area (Å²) in [5.41, 5.74) is 1.61. The second-order valence-electron chi connectivity index (χ2n) is 4.87. The van der Waals surface area contributed by atoms with Crippen LogP contribution < -0.4 is 5.32 Å². The molecule has 0 heterocycles. The fourth-order valence-electron chi connectivity index (χ4n) is 2.34. The lowest BCUT2D eigenvalue weighted by Gasteiger charge is -2.11. The Hall–Kier alpha value is -1.06. The van der Waals surface area contributed by atoms with Gasteiger partial charge >= 0.3 is 0 Å². The molecule has 0 unspecified atom stereocenters. The van der Waals surface area contributed by atoms with Crippen molar-refractivity contribution in [2.24, 2.45) is 0 Å². The predicted octanol–water partition coefficient (Wildman–Crippen LogP) is 3.11. The molecule has 1 saturated carbocycles. The van der Waals surface area contributed by atoms with Crippen LogP contribution in [0.3, 0.4) is 0 Å². The summed E-state index contributed by atoms with van der Waals surface area (Å²) < 4.78 is 5.70. The molecule has 0 radical (unpaired) electrons. The number of ether oxygens (including phenoxy) is 1. The van der Waals surface area contributed by atoms with E-state index in [0.717, 1.165) is 18.4 Å². The third kappa shape index (κ3) is 4.51. The Balaban J connectivity index is 1.71.